The van der Waals surface area contributed by atoms with Crippen molar-refractivity contribution < 1.29 is 4.79 Å². The summed E-state index contributed by atoms with van der Waals surface area (Å²) >= 11 is 0. The van der Waals surface area contributed by atoms with Crippen LogP contribution in [0.1, 0.15) is 19.4 Å². The fourth-order valence-electron chi connectivity index (χ4n) is 3.43. The first-order chi connectivity index (χ1) is 9.17. The van der Waals surface area contributed by atoms with E-state index in [1.54, 1.807) is 6.92 Å². The second-order valence-electron chi connectivity index (χ2n) is 5.87. The van der Waals surface area contributed by atoms with E-state index in [9.17, 15) is 4.79 Å². The number of nitrogens with zero attached hydrogens (tertiary/aromatic N) is 2. The average molecular weight is 258 g/mol. The minimum Gasteiger partial charge on any atom is -0.371 e. The zero-order valence-electron chi connectivity index (χ0n) is 11.8. The van der Waals surface area contributed by atoms with Gasteiger partial charge in [-0.15, -0.1) is 0 Å². The summed E-state index contributed by atoms with van der Waals surface area (Å²) in [6.45, 7) is 7.98. The van der Waals surface area contributed by atoms with E-state index in [1.165, 1.54) is 11.3 Å². The van der Waals surface area contributed by atoms with Gasteiger partial charge in [-0.3, -0.25) is 4.79 Å². The number of aryl methyl sites for hydroxylation is 1. The molecule has 0 N–H and O–H groups in total. The first kappa shape index (κ1) is 12.5. The van der Waals surface area contributed by atoms with Crippen LogP contribution in [0.15, 0.2) is 24.3 Å². The lowest BCUT2D eigenvalue weighted by Gasteiger charge is -2.23. The molecule has 2 heterocycles. The standard InChI is InChI=1S/C16H22N2O/c1-3-13-5-4-6-16(7-13)18-10-14-8-17(12(2)19)9-15(14)11-18/h4-7,14-15H,3,8-11H2,1-2H3. The minimum atomic E-state index is 0.230. The fraction of sp³-hybridized carbons (Fsp3) is 0.562. The summed E-state index contributed by atoms with van der Waals surface area (Å²) in [6, 6.07) is 8.87. The van der Waals surface area contributed by atoms with E-state index in [-0.39, 0.29) is 5.91 Å². The van der Waals surface area contributed by atoms with Crippen molar-refractivity contribution in [2.75, 3.05) is 31.1 Å². The van der Waals surface area contributed by atoms with Gasteiger partial charge in [0.05, 0.1) is 0 Å². The molecular formula is C16H22N2O. The van der Waals surface area contributed by atoms with Gasteiger partial charge in [-0.1, -0.05) is 19.1 Å². The van der Waals surface area contributed by atoms with Gasteiger partial charge in [-0.05, 0) is 24.1 Å². The van der Waals surface area contributed by atoms with Crippen LogP contribution in [-0.2, 0) is 11.2 Å². The Hall–Kier alpha value is -1.51. The molecule has 0 bridgehead atoms. The second kappa shape index (κ2) is 4.87. The molecule has 2 fully saturated rings. The molecule has 2 aliphatic rings. The number of anilines is 1. The summed E-state index contributed by atoms with van der Waals surface area (Å²) in [4.78, 5) is 15.9. The molecule has 2 saturated heterocycles. The molecule has 1 aromatic carbocycles. The number of carbonyl (C=O) groups is 1. The Bertz CT molecular complexity index is 471. The third-order valence-corrected chi connectivity index (χ3v) is 4.62. The SMILES string of the molecule is CCc1cccc(N2CC3CN(C(C)=O)CC3C2)c1. The number of amides is 1. The highest BCUT2D eigenvalue weighted by Crippen LogP contribution is 2.34. The molecule has 0 radical (unpaired) electrons. The van der Waals surface area contributed by atoms with E-state index in [0.29, 0.717) is 11.8 Å². The Morgan fingerprint density at radius 3 is 2.47 bits per heavy atom. The molecule has 3 heteroatoms. The maximum atomic E-state index is 11.4. The minimum absolute atomic E-state index is 0.230. The van der Waals surface area contributed by atoms with Crippen molar-refractivity contribution in [3.8, 4) is 0 Å². The van der Waals surface area contributed by atoms with Crippen molar-refractivity contribution in [2.45, 2.75) is 20.3 Å². The zero-order valence-corrected chi connectivity index (χ0v) is 11.8. The summed E-state index contributed by atoms with van der Waals surface area (Å²) < 4.78 is 0. The summed E-state index contributed by atoms with van der Waals surface area (Å²) in [5.74, 6) is 1.55. The van der Waals surface area contributed by atoms with Gasteiger partial charge in [0, 0.05) is 50.6 Å². The Balaban J connectivity index is 1.69. The van der Waals surface area contributed by atoms with Crippen molar-refractivity contribution >= 4 is 11.6 Å². The van der Waals surface area contributed by atoms with Crippen molar-refractivity contribution in [1.82, 2.24) is 4.90 Å². The topological polar surface area (TPSA) is 23.6 Å². The Labute approximate surface area is 115 Å². The lowest BCUT2D eigenvalue weighted by molar-refractivity contribution is -0.128. The summed E-state index contributed by atoms with van der Waals surface area (Å²) in [7, 11) is 0. The number of fused-ring (bicyclic) bond motifs is 1. The first-order valence-electron chi connectivity index (χ1n) is 7.26. The Kier molecular flexibility index (Phi) is 3.21. The molecule has 1 aromatic rings. The second-order valence-corrected chi connectivity index (χ2v) is 5.87. The van der Waals surface area contributed by atoms with Crippen LogP contribution in [0.4, 0.5) is 5.69 Å². The quantitative estimate of drug-likeness (QED) is 0.811. The van der Waals surface area contributed by atoms with Gasteiger partial charge in [0.2, 0.25) is 5.91 Å². The van der Waals surface area contributed by atoms with Crippen LogP contribution in [0.3, 0.4) is 0 Å². The van der Waals surface area contributed by atoms with Crippen LogP contribution in [0.2, 0.25) is 0 Å². The third-order valence-electron chi connectivity index (χ3n) is 4.62. The maximum absolute atomic E-state index is 11.4. The molecule has 3 rings (SSSR count). The molecule has 102 valence electrons. The van der Waals surface area contributed by atoms with Gasteiger partial charge in [0.25, 0.3) is 0 Å². The van der Waals surface area contributed by atoms with Crippen molar-refractivity contribution in [1.29, 1.82) is 0 Å². The molecule has 2 atom stereocenters. The number of carbonyl (C=O) groups excluding carboxylic acids is 1. The van der Waals surface area contributed by atoms with Gasteiger partial charge in [0.1, 0.15) is 0 Å². The van der Waals surface area contributed by atoms with Crippen LogP contribution >= 0.6 is 0 Å². The van der Waals surface area contributed by atoms with E-state index in [1.807, 2.05) is 4.90 Å². The van der Waals surface area contributed by atoms with Crippen molar-refractivity contribution in [3.63, 3.8) is 0 Å². The predicted molar refractivity (Wildman–Crippen MR) is 77.3 cm³/mol. The largest absolute Gasteiger partial charge is 0.371 e. The fourth-order valence-corrected chi connectivity index (χ4v) is 3.43. The van der Waals surface area contributed by atoms with E-state index >= 15 is 0 Å². The van der Waals surface area contributed by atoms with E-state index in [0.717, 1.165) is 32.6 Å². The van der Waals surface area contributed by atoms with Gasteiger partial charge >= 0.3 is 0 Å². The van der Waals surface area contributed by atoms with Crippen molar-refractivity contribution in [2.24, 2.45) is 11.8 Å². The van der Waals surface area contributed by atoms with Crippen LogP contribution in [-0.4, -0.2) is 37.0 Å². The van der Waals surface area contributed by atoms with E-state index in [2.05, 4.69) is 36.1 Å². The monoisotopic (exact) mass is 258 g/mol. The van der Waals surface area contributed by atoms with Crippen LogP contribution in [0, 0.1) is 11.8 Å². The van der Waals surface area contributed by atoms with E-state index < -0.39 is 0 Å². The number of likely N-dealkylation sites (tertiary alicyclic amines) is 1. The maximum Gasteiger partial charge on any atom is 0.219 e. The number of hydrogen-bond acceptors (Lipinski definition) is 2. The Morgan fingerprint density at radius 2 is 1.89 bits per heavy atom. The molecule has 3 nitrogen and oxygen atoms in total. The highest BCUT2D eigenvalue weighted by molar-refractivity contribution is 5.73. The molecule has 2 aliphatic heterocycles. The number of hydrogen-bond donors (Lipinski definition) is 0. The third kappa shape index (κ3) is 2.34. The average Bonchev–Trinajstić information content (AvgIpc) is 2.96. The molecule has 0 saturated carbocycles. The highest BCUT2D eigenvalue weighted by Gasteiger charge is 2.40. The molecule has 0 aromatic heterocycles. The lowest BCUT2D eigenvalue weighted by Crippen LogP contribution is -2.31. The van der Waals surface area contributed by atoms with Crippen LogP contribution in [0.5, 0.6) is 0 Å². The molecule has 0 aliphatic carbocycles. The molecule has 1 amide bonds. The summed E-state index contributed by atoms with van der Waals surface area (Å²) in [5.41, 5.74) is 2.75. The zero-order chi connectivity index (χ0) is 13.4. The normalized spacial score (nSPS) is 25.8. The molecule has 0 spiro atoms. The van der Waals surface area contributed by atoms with Gasteiger partial charge in [0.15, 0.2) is 0 Å². The van der Waals surface area contributed by atoms with Gasteiger partial charge in [-0.25, -0.2) is 0 Å². The first-order valence-corrected chi connectivity index (χ1v) is 7.26. The number of benzene rings is 1. The lowest BCUT2D eigenvalue weighted by atomic mass is 10.0. The molecular weight excluding hydrogens is 236 g/mol. The van der Waals surface area contributed by atoms with Crippen molar-refractivity contribution in [3.05, 3.63) is 29.8 Å². The molecule has 2 unspecified atom stereocenters. The van der Waals surface area contributed by atoms with Crippen LogP contribution in [0.25, 0.3) is 0 Å². The molecule has 19 heavy (non-hydrogen) atoms. The van der Waals surface area contributed by atoms with Gasteiger partial charge < -0.3 is 9.80 Å². The summed E-state index contributed by atoms with van der Waals surface area (Å²) in [6.07, 6.45) is 1.09. The summed E-state index contributed by atoms with van der Waals surface area (Å²) in [5, 5.41) is 0. The van der Waals surface area contributed by atoms with Crippen LogP contribution < -0.4 is 4.90 Å². The smallest absolute Gasteiger partial charge is 0.219 e. The van der Waals surface area contributed by atoms with E-state index in [4.69, 9.17) is 0 Å². The van der Waals surface area contributed by atoms with Gasteiger partial charge in [-0.2, -0.15) is 0 Å². The number of rotatable bonds is 2. The predicted octanol–water partition coefficient (Wildman–Crippen LogP) is 2.16. The highest BCUT2D eigenvalue weighted by atomic mass is 16.2. The Morgan fingerprint density at radius 1 is 1.21 bits per heavy atom.